The van der Waals surface area contributed by atoms with E-state index in [9.17, 15) is 13.2 Å². The maximum absolute atomic E-state index is 14.4. The van der Waals surface area contributed by atoms with E-state index in [4.69, 9.17) is 0 Å². The average molecular weight is 733 g/mol. The van der Waals surface area contributed by atoms with Crippen molar-refractivity contribution >= 4 is 90.5 Å². The molecule has 0 saturated heterocycles. The van der Waals surface area contributed by atoms with E-state index in [0.29, 0.717) is 0 Å². The first-order valence-electron chi connectivity index (χ1n) is 18.4. The molecule has 9 rings (SSSR count). The van der Waals surface area contributed by atoms with Crippen molar-refractivity contribution in [2.75, 3.05) is 9.80 Å². The van der Waals surface area contributed by atoms with Crippen LogP contribution in [0.15, 0.2) is 138 Å². The van der Waals surface area contributed by atoms with Crippen molar-refractivity contribution in [3.8, 4) is 0 Å². The molecule has 0 bridgehead atoms. The number of thioether (sulfide) groups is 1. The number of fused-ring (bicyclic) bond motifs is 6. The van der Waals surface area contributed by atoms with Crippen molar-refractivity contribution in [2.45, 2.75) is 62.8 Å². The van der Waals surface area contributed by atoms with Crippen LogP contribution in [0.4, 0.5) is 47.3 Å². The van der Waals surface area contributed by atoms with Gasteiger partial charge in [0.2, 0.25) is 0 Å². The molecule has 268 valence electrons. The summed E-state index contributed by atoms with van der Waals surface area (Å²) in [6, 6.07) is 46.1. The molecular weight excluding hydrogens is 692 g/mol. The quantitative estimate of drug-likeness (QED) is 0.132. The number of nitrogens with zero attached hydrogens (tertiary/aromatic N) is 2. The van der Waals surface area contributed by atoms with Crippen LogP contribution in [0, 0.1) is 0 Å². The highest BCUT2D eigenvalue weighted by molar-refractivity contribution is 8.00. The largest absolute Gasteiger partial charge is 0.446 e. The summed E-state index contributed by atoms with van der Waals surface area (Å²) in [6.07, 6.45) is 0. The second kappa shape index (κ2) is 12.2. The van der Waals surface area contributed by atoms with Gasteiger partial charge in [-0.05, 0) is 120 Å². The molecule has 0 fully saturated rings. The number of alkyl halides is 3. The Morgan fingerprint density at radius 3 is 1.28 bits per heavy atom. The summed E-state index contributed by atoms with van der Waals surface area (Å²) in [5.74, 6) is 0. The van der Waals surface area contributed by atoms with Gasteiger partial charge in [-0.15, -0.1) is 0 Å². The Labute approximate surface area is 319 Å². The number of hydrogen-bond donors (Lipinski definition) is 0. The topological polar surface area (TPSA) is 6.48 Å². The number of anilines is 6. The van der Waals surface area contributed by atoms with Gasteiger partial charge in [0.05, 0.1) is 0 Å². The molecule has 0 spiro atoms. The van der Waals surface area contributed by atoms with E-state index < -0.39 is 5.51 Å². The van der Waals surface area contributed by atoms with E-state index in [1.807, 2.05) is 60.7 Å². The highest BCUT2D eigenvalue weighted by Gasteiger charge is 2.44. The van der Waals surface area contributed by atoms with Gasteiger partial charge in [0.25, 0.3) is 6.71 Å². The highest BCUT2D eigenvalue weighted by Crippen LogP contribution is 2.49. The Kier molecular flexibility index (Phi) is 7.82. The van der Waals surface area contributed by atoms with Crippen molar-refractivity contribution < 1.29 is 13.2 Å². The van der Waals surface area contributed by atoms with Crippen LogP contribution >= 0.6 is 11.8 Å². The van der Waals surface area contributed by atoms with Crippen LogP contribution in [0.5, 0.6) is 0 Å². The van der Waals surface area contributed by atoms with Crippen molar-refractivity contribution in [3.63, 3.8) is 0 Å². The van der Waals surface area contributed by atoms with Crippen LogP contribution in [-0.4, -0.2) is 12.2 Å². The van der Waals surface area contributed by atoms with Crippen LogP contribution in [0.1, 0.15) is 52.7 Å². The summed E-state index contributed by atoms with van der Waals surface area (Å²) in [5, 5.41) is 4.46. The van der Waals surface area contributed by atoms with Gasteiger partial charge < -0.3 is 9.80 Å². The molecular formula is C47H40BF3N2S. The molecule has 2 aliphatic rings. The molecule has 2 heterocycles. The third kappa shape index (κ3) is 5.85. The van der Waals surface area contributed by atoms with Crippen molar-refractivity contribution in [1.82, 2.24) is 0 Å². The summed E-state index contributed by atoms with van der Waals surface area (Å²) in [7, 11) is 0. The second-order valence-electron chi connectivity index (χ2n) is 16.6. The molecule has 2 nitrogen and oxygen atoms in total. The average Bonchev–Trinajstić information content (AvgIpc) is 3.12. The number of halogens is 3. The minimum Gasteiger partial charge on any atom is -0.311 e. The molecule has 0 aliphatic carbocycles. The number of para-hydroxylation sites is 2. The molecule has 7 heteroatoms. The fourth-order valence-electron chi connectivity index (χ4n) is 8.29. The summed E-state index contributed by atoms with van der Waals surface area (Å²) >= 11 is -0.0534. The summed E-state index contributed by atoms with van der Waals surface area (Å²) < 4.78 is 43.1. The molecule has 0 saturated carbocycles. The molecule has 0 unspecified atom stereocenters. The Morgan fingerprint density at radius 2 is 0.889 bits per heavy atom. The summed E-state index contributed by atoms with van der Waals surface area (Å²) in [4.78, 5) is 4.51. The van der Waals surface area contributed by atoms with Crippen LogP contribution in [-0.2, 0) is 10.8 Å². The maximum atomic E-state index is 14.4. The molecule has 0 radical (unpaired) electrons. The van der Waals surface area contributed by atoms with Crippen LogP contribution < -0.4 is 26.2 Å². The molecule has 0 atom stereocenters. The third-order valence-corrected chi connectivity index (χ3v) is 11.7. The lowest BCUT2D eigenvalue weighted by Gasteiger charge is -2.44. The summed E-state index contributed by atoms with van der Waals surface area (Å²) in [5.41, 5.74) is 6.37. The van der Waals surface area contributed by atoms with E-state index in [1.54, 1.807) is 12.1 Å². The van der Waals surface area contributed by atoms with Crippen LogP contribution in [0.25, 0.3) is 21.5 Å². The standard InChI is InChI=1S/C47H40BF3N2S/c1-45(2,3)33-19-17-29-23-38-40(25-31(29)21-33)52(35-13-9-7-10-14-35)42-27-37(54-47(49,50)51)28-43-44(42)48(38)39-24-30-18-20-34(46(4,5)6)22-32(30)26-41(39)53(43)36-15-11-8-12-16-36/h7-28H,1-6H3. The lowest BCUT2D eigenvalue weighted by molar-refractivity contribution is -0.0328. The molecule has 7 aromatic rings. The van der Waals surface area contributed by atoms with Crippen molar-refractivity contribution in [3.05, 3.63) is 145 Å². The molecule has 2 aliphatic heterocycles. The van der Waals surface area contributed by atoms with Crippen molar-refractivity contribution in [2.24, 2.45) is 0 Å². The molecule has 0 amide bonds. The highest BCUT2D eigenvalue weighted by atomic mass is 32.2. The van der Waals surface area contributed by atoms with Gasteiger partial charge in [-0.25, -0.2) is 0 Å². The fourth-order valence-corrected chi connectivity index (χ4v) is 8.90. The SMILES string of the molecule is CC(C)(C)c1ccc2cc3c(cc2c1)N(c1ccccc1)c1cc(SC(F)(F)F)cc2c1B3c1cc3ccc(C(C)(C)C)cc3cc1N2c1ccccc1. The lowest BCUT2D eigenvalue weighted by atomic mass is 9.33. The zero-order chi connectivity index (χ0) is 37.7. The number of rotatable bonds is 3. The third-order valence-electron chi connectivity index (χ3n) is 11.0. The first-order chi connectivity index (χ1) is 25.6. The predicted octanol–water partition coefficient (Wildman–Crippen LogP) is 12.3. The second-order valence-corrected chi connectivity index (χ2v) is 17.8. The van der Waals surface area contributed by atoms with Crippen LogP contribution in [0.2, 0.25) is 0 Å². The normalized spacial score (nSPS) is 14.0. The number of benzene rings is 7. The predicted molar refractivity (Wildman–Crippen MR) is 225 cm³/mol. The zero-order valence-corrected chi connectivity index (χ0v) is 32.0. The van der Waals surface area contributed by atoms with Gasteiger partial charge in [-0.3, -0.25) is 0 Å². The van der Waals surface area contributed by atoms with Gasteiger partial charge in [-0.2, -0.15) is 13.2 Å². The van der Waals surface area contributed by atoms with Gasteiger partial charge in [-0.1, -0.05) is 126 Å². The van der Waals surface area contributed by atoms with E-state index in [0.717, 1.165) is 72.1 Å². The maximum Gasteiger partial charge on any atom is 0.446 e. The Morgan fingerprint density at radius 1 is 0.463 bits per heavy atom. The van der Waals surface area contributed by atoms with Crippen LogP contribution in [0.3, 0.4) is 0 Å². The first-order valence-corrected chi connectivity index (χ1v) is 19.3. The van der Waals surface area contributed by atoms with E-state index >= 15 is 0 Å². The monoisotopic (exact) mass is 732 g/mol. The molecule has 54 heavy (non-hydrogen) atoms. The van der Waals surface area contributed by atoms with E-state index in [-0.39, 0.29) is 34.2 Å². The fraction of sp³-hybridized carbons (Fsp3) is 0.191. The van der Waals surface area contributed by atoms with Gasteiger partial charge in [0.1, 0.15) is 0 Å². The minimum atomic E-state index is -4.46. The minimum absolute atomic E-state index is 0.0501. The molecule has 0 N–H and O–H groups in total. The smallest absolute Gasteiger partial charge is 0.311 e. The van der Waals surface area contributed by atoms with Crippen molar-refractivity contribution in [1.29, 1.82) is 0 Å². The van der Waals surface area contributed by atoms with Gasteiger partial charge >= 0.3 is 5.51 Å². The van der Waals surface area contributed by atoms with E-state index in [2.05, 4.69) is 112 Å². The van der Waals surface area contributed by atoms with E-state index in [1.165, 1.54) is 11.1 Å². The first kappa shape index (κ1) is 34.6. The number of hydrogen-bond acceptors (Lipinski definition) is 3. The zero-order valence-electron chi connectivity index (χ0n) is 31.2. The summed E-state index contributed by atoms with van der Waals surface area (Å²) in [6.45, 7) is 13.1. The lowest BCUT2D eigenvalue weighted by Crippen LogP contribution is -2.61. The van der Waals surface area contributed by atoms with Gasteiger partial charge in [0, 0.05) is 39.0 Å². The Bertz CT molecular complexity index is 2440. The molecule has 0 aromatic heterocycles. The van der Waals surface area contributed by atoms with Gasteiger partial charge in [0.15, 0.2) is 0 Å². The Hall–Kier alpha value is -5.14. The Balaban J connectivity index is 1.42. The molecule has 7 aromatic carbocycles.